The van der Waals surface area contributed by atoms with Crippen molar-refractivity contribution in [2.45, 2.75) is 77.8 Å². The van der Waals surface area contributed by atoms with E-state index in [1.807, 2.05) is 6.92 Å². The first-order valence-electron chi connectivity index (χ1n) is 6.42. The van der Waals surface area contributed by atoms with Crippen LogP contribution in [0.3, 0.4) is 0 Å². The molecular formula is C14H27N. The van der Waals surface area contributed by atoms with E-state index in [0.29, 0.717) is 6.04 Å². The maximum atomic E-state index is 5.32. The lowest BCUT2D eigenvalue weighted by atomic mass is 10.1. The van der Waals surface area contributed by atoms with Gasteiger partial charge in [-0.1, -0.05) is 51.4 Å². The van der Waals surface area contributed by atoms with Crippen LogP contribution in [-0.4, -0.2) is 12.1 Å². The average molecular weight is 209 g/mol. The molecule has 0 fully saturated rings. The van der Waals surface area contributed by atoms with Crippen molar-refractivity contribution in [3.05, 3.63) is 0 Å². The summed E-state index contributed by atoms with van der Waals surface area (Å²) in [7, 11) is 0. The van der Waals surface area contributed by atoms with Gasteiger partial charge < -0.3 is 5.32 Å². The highest BCUT2D eigenvalue weighted by Gasteiger charge is 2.03. The number of unbranched alkanes of at least 4 members (excludes halogenated alkanes) is 5. The Morgan fingerprint density at radius 1 is 1.07 bits per heavy atom. The van der Waals surface area contributed by atoms with Gasteiger partial charge in [-0.15, -0.1) is 6.42 Å². The predicted molar refractivity (Wildman–Crippen MR) is 68.9 cm³/mol. The fourth-order valence-corrected chi connectivity index (χ4v) is 1.79. The molecule has 2 atom stereocenters. The van der Waals surface area contributed by atoms with Crippen molar-refractivity contribution in [2.75, 3.05) is 0 Å². The molecule has 2 unspecified atom stereocenters. The van der Waals surface area contributed by atoms with Crippen LogP contribution < -0.4 is 5.32 Å². The summed E-state index contributed by atoms with van der Waals surface area (Å²) in [6.07, 6.45) is 14.8. The molecule has 0 aliphatic carbocycles. The average Bonchev–Trinajstić information content (AvgIpc) is 2.23. The second kappa shape index (κ2) is 10.1. The van der Waals surface area contributed by atoms with Gasteiger partial charge in [-0.05, 0) is 20.3 Å². The van der Waals surface area contributed by atoms with Crippen molar-refractivity contribution in [3.8, 4) is 12.3 Å². The summed E-state index contributed by atoms with van der Waals surface area (Å²) in [6.45, 7) is 6.52. The fraction of sp³-hybridized carbons (Fsp3) is 0.857. The summed E-state index contributed by atoms with van der Waals surface area (Å²) in [6, 6.07) is 0.766. The minimum absolute atomic E-state index is 0.208. The first-order chi connectivity index (χ1) is 7.20. The van der Waals surface area contributed by atoms with E-state index in [1.54, 1.807) is 0 Å². The maximum Gasteiger partial charge on any atom is 0.0660 e. The Labute approximate surface area is 96.0 Å². The van der Waals surface area contributed by atoms with Crippen molar-refractivity contribution in [3.63, 3.8) is 0 Å². The zero-order chi connectivity index (χ0) is 11.5. The Kier molecular flexibility index (Phi) is 9.73. The van der Waals surface area contributed by atoms with Gasteiger partial charge in [-0.25, -0.2) is 0 Å². The van der Waals surface area contributed by atoms with E-state index in [0.717, 1.165) is 0 Å². The Hall–Kier alpha value is -0.480. The fourth-order valence-electron chi connectivity index (χ4n) is 1.79. The molecule has 0 amide bonds. The van der Waals surface area contributed by atoms with Gasteiger partial charge in [-0.3, -0.25) is 0 Å². The second-order valence-corrected chi connectivity index (χ2v) is 4.51. The molecule has 0 aromatic rings. The third kappa shape index (κ3) is 9.82. The molecule has 1 heteroatoms. The summed E-state index contributed by atoms with van der Waals surface area (Å²) in [5.74, 6) is 2.70. The summed E-state index contributed by atoms with van der Waals surface area (Å²) >= 11 is 0. The molecule has 0 saturated carbocycles. The Balaban J connectivity index is 3.24. The molecule has 0 aromatic heterocycles. The first-order valence-corrected chi connectivity index (χ1v) is 6.42. The summed E-state index contributed by atoms with van der Waals surface area (Å²) in [5, 5.41) is 3.40. The second-order valence-electron chi connectivity index (χ2n) is 4.51. The predicted octanol–water partition coefficient (Wildman–Crippen LogP) is 3.74. The monoisotopic (exact) mass is 209 g/mol. The van der Waals surface area contributed by atoms with Crippen LogP contribution in [0.2, 0.25) is 0 Å². The highest BCUT2D eigenvalue weighted by Crippen LogP contribution is 2.08. The van der Waals surface area contributed by atoms with Crippen LogP contribution in [0.1, 0.15) is 65.7 Å². The van der Waals surface area contributed by atoms with Gasteiger partial charge in [0, 0.05) is 6.04 Å². The Morgan fingerprint density at radius 3 is 2.27 bits per heavy atom. The Bertz CT molecular complexity index is 169. The number of nitrogens with one attached hydrogen (secondary N) is 1. The molecular weight excluding hydrogens is 182 g/mol. The number of hydrogen-bond donors (Lipinski definition) is 1. The van der Waals surface area contributed by atoms with E-state index in [4.69, 9.17) is 6.42 Å². The van der Waals surface area contributed by atoms with Gasteiger partial charge in [0.2, 0.25) is 0 Å². The molecule has 15 heavy (non-hydrogen) atoms. The third-order valence-electron chi connectivity index (χ3n) is 2.78. The van der Waals surface area contributed by atoms with Crippen LogP contribution in [0.4, 0.5) is 0 Å². The van der Waals surface area contributed by atoms with Gasteiger partial charge >= 0.3 is 0 Å². The highest BCUT2D eigenvalue weighted by atomic mass is 14.9. The molecule has 0 heterocycles. The van der Waals surface area contributed by atoms with Crippen LogP contribution in [-0.2, 0) is 0 Å². The number of rotatable bonds is 9. The lowest BCUT2D eigenvalue weighted by Crippen LogP contribution is -2.33. The van der Waals surface area contributed by atoms with Crippen LogP contribution in [0.25, 0.3) is 0 Å². The lowest BCUT2D eigenvalue weighted by Gasteiger charge is -2.15. The van der Waals surface area contributed by atoms with Gasteiger partial charge in [-0.2, -0.15) is 0 Å². The zero-order valence-corrected chi connectivity index (χ0v) is 10.7. The van der Waals surface area contributed by atoms with Crippen LogP contribution >= 0.6 is 0 Å². The molecule has 0 aliphatic heterocycles. The van der Waals surface area contributed by atoms with Crippen molar-refractivity contribution < 1.29 is 0 Å². The van der Waals surface area contributed by atoms with Crippen LogP contribution in [0.5, 0.6) is 0 Å². The van der Waals surface area contributed by atoms with E-state index in [2.05, 4.69) is 25.1 Å². The molecule has 0 aliphatic rings. The minimum Gasteiger partial charge on any atom is -0.301 e. The van der Waals surface area contributed by atoms with Gasteiger partial charge in [0.1, 0.15) is 0 Å². The normalized spacial score (nSPS) is 14.5. The van der Waals surface area contributed by atoms with Crippen molar-refractivity contribution in [1.29, 1.82) is 0 Å². The van der Waals surface area contributed by atoms with Crippen LogP contribution in [0.15, 0.2) is 0 Å². The van der Waals surface area contributed by atoms with Gasteiger partial charge in [0.25, 0.3) is 0 Å². The molecule has 0 radical (unpaired) electrons. The summed E-state index contributed by atoms with van der Waals surface area (Å²) in [5.41, 5.74) is 0. The van der Waals surface area contributed by atoms with Crippen LogP contribution in [0, 0.1) is 12.3 Å². The van der Waals surface area contributed by atoms with Gasteiger partial charge in [0.05, 0.1) is 6.04 Å². The number of terminal acetylenes is 1. The number of hydrogen-bond acceptors (Lipinski definition) is 1. The smallest absolute Gasteiger partial charge is 0.0660 e. The molecule has 0 rings (SSSR count). The topological polar surface area (TPSA) is 12.0 Å². The molecule has 88 valence electrons. The third-order valence-corrected chi connectivity index (χ3v) is 2.78. The van der Waals surface area contributed by atoms with E-state index in [1.165, 1.54) is 44.9 Å². The summed E-state index contributed by atoms with van der Waals surface area (Å²) < 4.78 is 0. The quantitative estimate of drug-likeness (QED) is 0.450. The maximum absolute atomic E-state index is 5.32. The van der Waals surface area contributed by atoms with Crippen molar-refractivity contribution in [1.82, 2.24) is 5.32 Å². The molecule has 0 aromatic carbocycles. The molecule has 0 bridgehead atoms. The Morgan fingerprint density at radius 2 is 1.67 bits per heavy atom. The van der Waals surface area contributed by atoms with E-state index < -0.39 is 0 Å². The lowest BCUT2D eigenvalue weighted by molar-refractivity contribution is 0.465. The SMILES string of the molecule is C#CC(C)NC(C)CCCCCCCC. The van der Waals surface area contributed by atoms with E-state index in [-0.39, 0.29) is 6.04 Å². The van der Waals surface area contributed by atoms with E-state index in [9.17, 15) is 0 Å². The highest BCUT2D eigenvalue weighted by molar-refractivity contribution is 4.96. The molecule has 1 nitrogen and oxygen atoms in total. The molecule has 0 spiro atoms. The molecule has 0 saturated heterocycles. The summed E-state index contributed by atoms with van der Waals surface area (Å²) in [4.78, 5) is 0. The molecule has 1 N–H and O–H groups in total. The van der Waals surface area contributed by atoms with E-state index >= 15 is 0 Å². The minimum atomic E-state index is 0.208. The largest absolute Gasteiger partial charge is 0.301 e. The standard InChI is InChI=1S/C14H27N/c1-5-7-8-9-10-11-12-14(4)15-13(3)6-2/h2,13-15H,5,7-12H2,1,3-4H3. The zero-order valence-electron chi connectivity index (χ0n) is 10.7. The first kappa shape index (κ1) is 14.5. The van der Waals surface area contributed by atoms with Crippen molar-refractivity contribution in [2.24, 2.45) is 0 Å². The van der Waals surface area contributed by atoms with Crippen molar-refractivity contribution >= 4 is 0 Å². The van der Waals surface area contributed by atoms with Gasteiger partial charge in [0.15, 0.2) is 0 Å².